The summed E-state index contributed by atoms with van der Waals surface area (Å²) in [7, 11) is 0. The van der Waals surface area contributed by atoms with Crippen LogP contribution >= 0.6 is 11.8 Å². The molecule has 3 aromatic rings. The Hall–Kier alpha value is -3.83. The van der Waals surface area contributed by atoms with Crippen LogP contribution in [0.15, 0.2) is 60.8 Å². The Morgan fingerprint density at radius 2 is 1.78 bits per heavy atom. The molecule has 41 heavy (non-hydrogen) atoms. The van der Waals surface area contributed by atoms with Crippen LogP contribution in [-0.2, 0) is 32.0 Å². The topological polar surface area (TPSA) is 158 Å². The summed E-state index contributed by atoms with van der Waals surface area (Å²) < 4.78 is 0. The lowest BCUT2D eigenvalue weighted by atomic mass is 10.0. The molecule has 4 atom stereocenters. The molecule has 1 saturated heterocycles. The van der Waals surface area contributed by atoms with E-state index in [1.165, 1.54) is 4.90 Å². The minimum atomic E-state index is -1.16. The van der Waals surface area contributed by atoms with Crippen molar-refractivity contribution < 1.29 is 24.3 Å². The summed E-state index contributed by atoms with van der Waals surface area (Å²) in [6.07, 6.45) is 5.48. The Balaban J connectivity index is 1.42. The lowest BCUT2D eigenvalue weighted by Crippen LogP contribution is -2.57. The first kappa shape index (κ1) is 30.1. The van der Waals surface area contributed by atoms with Crippen molar-refractivity contribution in [2.24, 2.45) is 5.73 Å². The molecule has 0 radical (unpaired) electrons. The molecule has 2 heterocycles. The number of carboxylic acid groups (broad SMARTS) is 1. The third-order valence-corrected chi connectivity index (χ3v) is 8.06. The lowest BCUT2D eigenvalue weighted by molar-refractivity contribution is -0.144. The van der Waals surface area contributed by atoms with Gasteiger partial charge in [-0.3, -0.25) is 14.4 Å². The zero-order chi connectivity index (χ0) is 29.4. The van der Waals surface area contributed by atoms with E-state index in [1.807, 2.05) is 60.9 Å². The van der Waals surface area contributed by atoms with Gasteiger partial charge in [-0.15, -0.1) is 0 Å². The molecule has 1 aromatic heterocycles. The molecule has 218 valence electrons. The highest BCUT2D eigenvalue weighted by atomic mass is 32.2. The van der Waals surface area contributed by atoms with E-state index in [-0.39, 0.29) is 12.3 Å². The van der Waals surface area contributed by atoms with Crippen molar-refractivity contribution in [3.8, 4) is 0 Å². The maximum absolute atomic E-state index is 13.7. The number of carbonyl (C=O) groups is 4. The fraction of sp³-hybridized carbons (Fsp3) is 0.400. The second kappa shape index (κ2) is 14.2. The standard InChI is InChI=1S/C30H37N5O5S/c1-41-15-13-24(33-27(36)22(31)16-19-8-3-2-4-9-19)29(38)35-14-7-12-26(35)28(37)34-25(30(39)40)17-20-18-32-23-11-6-5-10-21(20)23/h2-6,8-11,18,22,24-26,32H,7,12-17,31H2,1H3,(H,33,36)(H,34,37)(H,39,40). The average molecular weight is 580 g/mol. The van der Waals surface area contributed by atoms with Crippen LogP contribution in [0.1, 0.15) is 30.4 Å². The normalized spacial score (nSPS) is 17.1. The largest absolute Gasteiger partial charge is 0.480 e. The quantitative estimate of drug-likeness (QED) is 0.207. The predicted octanol–water partition coefficient (Wildman–Crippen LogP) is 2.08. The molecule has 6 N–H and O–H groups in total. The van der Waals surface area contributed by atoms with Gasteiger partial charge >= 0.3 is 5.97 Å². The summed E-state index contributed by atoms with van der Waals surface area (Å²) in [5.74, 6) is -1.84. The molecule has 1 fully saturated rings. The molecular formula is C30H37N5O5S. The Kier molecular flexibility index (Phi) is 10.4. The number of para-hydroxylation sites is 1. The number of H-pyrrole nitrogens is 1. The van der Waals surface area contributed by atoms with Crippen LogP contribution in [0.3, 0.4) is 0 Å². The first-order valence-corrected chi connectivity index (χ1v) is 15.1. The first-order chi connectivity index (χ1) is 19.8. The minimum absolute atomic E-state index is 0.0947. The van der Waals surface area contributed by atoms with E-state index in [1.54, 1.807) is 18.0 Å². The molecule has 1 aliphatic rings. The summed E-state index contributed by atoms with van der Waals surface area (Å²) in [5.41, 5.74) is 8.74. The van der Waals surface area contributed by atoms with Crippen molar-refractivity contribution in [2.45, 2.75) is 56.3 Å². The Labute approximate surface area is 243 Å². The highest BCUT2D eigenvalue weighted by Gasteiger charge is 2.39. The van der Waals surface area contributed by atoms with Gasteiger partial charge in [0.1, 0.15) is 18.1 Å². The number of rotatable bonds is 13. The summed E-state index contributed by atoms with van der Waals surface area (Å²) in [5, 5.41) is 16.3. The van der Waals surface area contributed by atoms with Gasteiger partial charge in [-0.25, -0.2) is 4.79 Å². The second-order valence-corrected chi connectivity index (χ2v) is 11.3. The molecule has 2 aromatic carbocycles. The molecule has 10 nitrogen and oxygen atoms in total. The van der Waals surface area contributed by atoms with Gasteiger partial charge in [0.25, 0.3) is 0 Å². The molecule has 4 unspecified atom stereocenters. The van der Waals surface area contributed by atoms with E-state index < -0.39 is 42.0 Å². The zero-order valence-electron chi connectivity index (χ0n) is 23.0. The van der Waals surface area contributed by atoms with Crippen LogP contribution in [-0.4, -0.2) is 81.4 Å². The number of thioether (sulfide) groups is 1. The Morgan fingerprint density at radius 3 is 2.51 bits per heavy atom. The molecule has 0 aliphatic carbocycles. The van der Waals surface area contributed by atoms with Crippen LogP contribution in [0.5, 0.6) is 0 Å². The molecule has 3 amide bonds. The van der Waals surface area contributed by atoms with Crippen molar-refractivity contribution in [3.05, 3.63) is 71.9 Å². The van der Waals surface area contributed by atoms with Crippen molar-refractivity contribution in [1.29, 1.82) is 0 Å². The van der Waals surface area contributed by atoms with Gasteiger partial charge < -0.3 is 31.4 Å². The monoisotopic (exact) mass is 579 g/mol. The minimum Gasteiger partial charge on any atom is -0.480 e. The van der Waals surface area contributed by atoms with Gasteiger partial charge in [-0.1, -0.05) is 48.5 Å². The average Bonchev–Trinajstić information content (AvgIpc) is 3.62. The summed E-state index contributed by atoms with van der Waals surface area (Å²) in [4.78, 5) is 56.7. The van der Waals surface area contributed by atoms with Crippen LogP contribution in [0, 0.1) is 0 Å². The number of amides is 3. The smallest absolute Gasteiger partial charge is 0.326 e. The second-order valence-electron chi connectivity index (χ2n) is 10.3. The van der Waals surface area contributed by atoms with E-state index in [0.717, 1.165) is 22.0 Å². The summed E-state index contributed by atoms with van der Waals surface area (Å²) >= 11 is 1.55. The zero-order valence-corrected chi connectivity index (χ0v) is 23.9. The number of nitrogens with two attached hydrogens (primary N) is 1. The summed E-state index contributed by atoms with van der Waals surface area (Å²) in [6, 6.07) is 13.3. The number of aromatic nitrogens is 1. The number of carbonyl (C=O) groups excluding carboxylic acids is 3. The molecular weight excluding hydrogens is 542 g/mol. The van der Waals surface area contributed by atoms with Gasteiger partial charge in [0.2, 0.25) is 17.7 Å². The van der Waals surface area contributed by atoms with Crippen molar-refractivity contribution in [1.82, 2.24) is 20.5 Å². The number of carboxylic acids is 1. The molecule has 0 spiro atoms. The Morgan fingerprint density at radius 1 is 1.05 bits per heavy atom. The number of hydrogen-bond donors (Lipinski definition) is 5. The van der Waals surface area contributed by atoms with Crippen LogP contribution in [0.4, 0.5) is 0 Å². The number of benzene rings is 2. The number of aliphatic carboxylic acids is 1. The molecule has 0 bridgehead atoms. The van der Waals surface area contributed by atoms with Crippen LogP contribution in [0.2, 0.25) is 0 Å². The van der Waals surface area contributed by atoms with Crippen molar-refractivity contribution >= 4 is 46.4 Å². The van der Waals surface area contributed by atoms with Crippen molar-refractivity contribution in [3.63, 3.8) is 0 Å². The highest BCUT2D eigenvalue weighted by molar-refractivity contribution is 7.98. The summed E-state index contributed by atoms with van der Waals surface area (Å²) in [6.45, 7) is 0.346. The third kappa shape index (κ3) is 7.68. The lowest BCUT2D eigenvalue weighted by Gasteiger charge is -2.30. The van der Waals surface area contributed by atoms with Crippen LogP contribution in [0.25, 0.3) is 10.9 Å². The van der Waals surface area contributed by atoms with Gasteiger partial charge in [-0.2, -0.15) is 11.8 Å². The number of fused-ring (bicyclic) bond motifs is 1. The molecule has 1 aliphatic heterocycles. The van der Waals surface area contributed by atoms with Gasteiger partial charge in [0.15, 0.2) is 0 Å². The SMILES string of the molecule is CSCCC(NC(=O)C(N)Cc1ccccc1)C(=O)N1CCCC1C(=O)NC(Cc1c[nH]c2ccccc12)C(=O)O. The number of nitrogens with one attached hydrogen (secondary N) is 3. The fourth-order valence-corrected chi connectivity index (χ4v) is 5.70. The first-order valence-electron chi connectivity index (χ1n) is 13.8. The molecule has 11 heteroatoms. The van der Waals surface area contributed by atoms with Gasteiger partial charge in [0, 0.05) is 30.1 Å². The van der Waals surface area contributed by atoms with Crippen LogP contribution < -0.4 is 16.4 Å². The number of nitrogens with zero attached hydrogens (tertiary/aromatic N) is 1. The van der Waals surface area contributed by atoms with Gasteiger partial charge in [0.05, 0.1) is 6.04 Å². The van der Waals surface area contributed by atoms with E-state index in [2.05, 4.69) is 15.6 Å². The highest BCUT2D eigenvalue weighted by Crippen LogP contribution is 2.22. The van der Waals surface area contributed by atoms with E-state index >= 15 is 0 Å². The predicted molar refractivity (Wildman–Crippen MR) is 159 cm³/mol. The number of hydrogen-bond acceptors (Lipinski definition) is 6. The fourth-order valence-electron chi connectivity index (χ4n) is 5.22. The van der Waals surface area contributed by atoms with E-state index in [4.69, 9.17) is 5.73 Å². The number of aromatic amines is 1. The number of likely N-dealkylation sites (tertiary alicyclic amines) is 1. The maximum atomic E-state index is 13.7. The Bertz CT molecular complexity index is 1360. The van der Waals surface area contributed by atoms with E-state index in [9.17, 15) is 24.3 Å². The van der Waals surface area contributed by atoms with Gasteiger partial charge in [-0.05, 0) is 54.9 Å². The molecule has 0 saturated carbocycles. The van der Waals surface area contributed by atoms with Crippen molar-refractivity contribution in [2.75, 3.05) is 18.6 Å². The third-order valence-electron chi connectivity index (χ3n) is 7.41. The van der Waals surface area contributed by atoms with E-state index in [0.29, 0.717) is 38.0 Å². The maximum Gasteiger partial charge on any atom is 0.326 e. The molecule has 4 rings (SSSR count).